The van der Waals surface area contributed by atoms with Crippen molar-refractivity contribution >= 4 is 33.5 Å². The number of benzene rings is 2. The van der Waals surface area contributed by atoms with Crippen LogP contribution in [0.1, 0.15) is 10.4 Å². The van der Waals surface area contributed by atoms with Gasteiger partial charge in [0, 0.05) is 5.69 Å². The maximum atomic E-state index is 12.8. The van der Waals surface area contributed by atoms with Gasteiger partial charge in [0.1, 0.15) is 21.8 Å². The second kappa shape index (κ2) is 8.48. The van der Waals surface area contributed by atoms with Crippen LogP contribution in [0.4, 0.5) is 10.1 Å². The fraction of sp³-hybridized carbons (Fsp3) is 0.176. The van der Waals surface area contributed by atoms with Crippen LogP contribution in [0.5, 0.6) is 11.5 Å². The molecule has 0 aliphatic heterocycles. The first-order chi connectivity index (χ1) is 11.9. The first-order valence-electron chi connectivity index (χ1n) is 7.08. The number of anilines is 1. The van der Waals surface area contributed by atoms with E-state index < -0.39 is 24.3 Å². The molecule has 0 atom stereocenters. The maximum absolute atomic E-state index is 12.8. The van der Waals surface area contributed by atoms with Gasteiger partial charge in [-0.05, 0) is 52.3 Å². The van der Waals surface area contributed by atoms with Crippen molar-refractivity contribution in [3.63, 3.8) is 0 Å². The molecule has 25 heavy (non-hydrogen) atoms. The normalized spacial score (nSPS) is 10.1. The number of carbonyl (C=O) groups is 2. The molecule has 0 unspecified atom stereocenters. The van der Waals surface area contributed by atoms with E-state index in [1.807, 2.05) is 0 Å². The van der Waals surface area contributed by atoms with Gasteiger partial charge in [-0.1, -0.05) is 0 Å². The van der Waals surface area contributed by atoms with Gasteiger partial charge in [0.25, 0.3) is 5.91 Å². The van der Waals surface area contributed by atoms with Crippen molar-refractivity contribution < 1.29 is 28.2 Å². The molecule has 0 radical (unpaired) electrons. The fourth-order valence-corrected chi connectivity index (χ4v) is 2.48. The molecule has 132 valence electrons. The van der Waals surface area contributed by atoms with Crippen LogP contribution >= 0.6 is 15.9 Å². The monoisotopic (exact) mass is 411 g/mol. The lowest BCUT2D eigenvalue weighted by molar-refractivity contribution is -0.119. The molecule has 6 nitrogen and oxygen atoms in total. The number of rotatable bonds is 6. The second-order valence-corrected chi connectivity index (χ2v) is 5.62. The van der Waals surface area contributed by atoms with Crippen molar-refractivity contribution in [2.24, 2.45) is 0 Å². The number of carbonyl (C=O) groups excluding carboxylic acids is 2. The summed E-state index contributed by atoms with van der Waals surface area (Å²) in [6.07, 6.45) is 0. The highest BCUT2D eigenvalue weighted by molar-refractivity contribution is 9.10. The van der Waals surface area contributed by atoms with E-state index in [2.05, 4.69) is 21.2 Å². The van der Waals surface area contributed by atoms with Crippen molar-refractivity contribution in [1.82, 2.24) is 0 Å². The van der Waals surface area contributed by atoms with E-state index in [9.17, 15) is 14.0 Å². The minimum Gasteiger partial charge on any atom is -0.495 e. The highest BCUT2D eigenvalue weighted by atomic mass is 79.9. The first-order valence-corrected chi connectivity index (χ1v) is 7.88. The lowest BCUT2D eigenvalue weighted by atomic mass is 10.2. The molecule has 2 aromatic carbocycles. The SMILES string of the molecule is COc1cc(C(=O)OCC(=O)Nc2ccc(F)cc2)cc(OC)c1Br. The van der Waals surface area contributed by atoms with E-state index in [0.717, 1.165) is 0 Å². The molecule has 2 aromatic rings. The smallest absolute Gasteiger partial charge is 0.338 e. The summed E-state index contributed by atoms with van der Waals surface area (Å²) in [6.45, 7) is -0.489. The quantitative estimate of drug-likeness (QED) is 0.737. The Bertz CT molecular complexity index is 754. The van der Waals surface area contributed by atoms with Crippen molar-refractivity contribution in [3.05, 3.63) is 52.3 Å². The standard InChI is InChI=1S/C17H15BrFNO5/c1-23-13-7-10(8-14(24-2)16(13)18)17(22)25-9-15(21)20-12-5-3-11(19)4-6-12/h3-8H,9H2,1-2H3,(H,20,21). The molecule has 1 amide bonds. The van der Waals surface area contributed by atoms with Crippen molar-refractivity contribution in [1.29, 1.82) is 0 Å². The molecule has 0 aliphatic rings. The zero-order valence-corrected chi connectivity index (χ0v) is 15.1. The van der Waals surface area contributed by atoms with E-state index in [1.54, 1.807) is 0 Å². The van der Waals surface area contributed by atoms with Gasteiger partial charge in [-0.3, -0.25) is 4.79 Å². The van der Waals surface area contributed by atoms with Crippen LogP contribution in [-0.2, 0) is 9.53 Å². The van der Waals surface area contributed by atoms with Crippen LogP contribution in [0.25, 0.3) is 0 Å². The van der Waals surface area contributed by atoms with Crippen molar-refractivity contribution in [2.75, 3.05) is 26.1 Å². The van der Waals surface area contributed by atoms with Gasteiger partial charge in [0.05, 0.1) is 19.8 Å². The fourth-order valence-electron chi connectivity index (χ4n) is 1.93. The molecule has 0 saturated carbocycles. The Kier molecular flexibility index (Phi) is 6.35. The van der Waals surface area contributed by atoms with Gasteiger partial charge in [0.2, 0.25) is 0 Å². The van der Waals surface area contributed by atoms with Gasteiger partial charge in [0.15, 0.2) is 6.61 Å². The van der Waals surface area contributed by atoms with Crippen LogP contribution in [0.3, 0.4) is 0 Å². The molecule has 0 spiro atoms. The molecule has 0 aliphatic carbocycles. The third-order valence-corrected chi connectivity index (χ3v) is 3.93. The summed E-state index contributed by atoms with van der Waals surface area (Å²) >= 11 is 3.30. The second-order valence-electron chi connectivity index (χ2n) is 4.83. The number of amides is 1. The van der Waals surface area contributed by atoms with Gasteiger partial charge < -0.3 is 19.5 Å². The lowest BCUT2D eigenvalue weighted by Crippen LogP contribution is -2.21. The van der Waals surface area contributed by atoms with Crippen molar-refractivity contribution in [2.45, 2.75) is 0 Å². The number of ether oxygens (including phenoxy) is 3. The van der Waals surface area contributed by atoms with Crippen LogP contribution in [0.15, 0.2) is 40.9 Å². The van der Waals surface area contributed by atoms with Gasteiger partial charge in [-0.2, -0.15) is 0 Å². The molecule has 0 fully saturated rings. The summed E-state index contributed by atoms with van der Waals surface area (Å²) in [6, 6.07) is 8.16. The molecule has 8 heteroatoms. The molecular weight excluding hydrogens is 397 g/mol. The van der Waals surface area contributed by atoms with Gasteiger partial charge in [-0.25, -0.2) is 9.18 Å². The number of nitrogens with one attached hydrogen (secondary N) is 1. The van der Waals surface area contributed by atoms with Gasteiger partial charge >= 0.3 is 5.97 Å². The highest BCUT2D eigenvalue weighted by Gasteiger charge is 2.16. The summed E-state index contributed by atoms with van der Waals surface area (Å²) in [7, 11) is 2.90. The molecule has 0 saturated heterocycles. The number of hydrogen-bond donors (Lipinski definition) is 1. The van der Waals surface area contributed by atoms with Crippen LogP contribution in [-0.4, -0.2) is 32.7 Å². The van der Waals surface area contributed by atoms with Crippen LogP contribution in [0.2, 0.25) is 0 Å². The lowest BCUT2D eigenvalue weighted by Gasteiger charge is -2.11. The Morgan fingerprint density at radius 3 is 2.16 bits per heavy atom. The Hall–Kier alpha value is -2.61. The average Bonchev–Trinajstić information content (AvgIpc) is 2.61. The number of halogens is 2. The minimum atomic E-state index is -0.710. The summed E-state index contributed by atoms with van der Waals surface area (Å²) in [5.74, 6) is -0.888. The molecule has 2 rings (SSSR count). The molecule has 1 N–H and O–H groups in total. The Morgan fingerprint density at radius 2 is 1.64 bits per heavy atom. The number of hydrogen-bond acceptors (Lipinski definition) is 5. The van der Waals surface area contributed by atoms with Crippen molar-refractivity contribution in [3.8, 4) is 11.5 Å². The summed E-state index contributed by atoms with van der Waals surface area (Å²) < 4.78 is 28.6. The topological polar surface area (TPSA) is 73.9 Å². The van der Waals surface area contributed by atoms with E-state index in [4.69, 9.17) is 14.2 Å². The Morgan fingerprint density at radius 1 is 1.08 bits per heavy atom. The zero-order chi connectivity index (χ0) is 18.4. The zero-order valence-electron chi connectivity index (χ0n) is 13.5. The summed E-state index contributed by atoms with van der Waals surface area (Å²) in [4.78, 5) is 23.9. The Balaban J connectivity index is 2.00. The Labute approximate surface area is 152 Å². The molecule has 0 bridgehead atoms. The molecule has 0 aromatic heterocycles. The van der Waals surface area contributed by atoms with E-state index in [1.165, 1.54) is 50.6 Å². The van der Waals surface area contributed by atoms with E-state index in [0.29, 0.717) is 21.7 Å². The van der Waals surface area contributed by atoms with E-state index >= 15 is 0 Å². The third-order valence-electron chi connectivity index (χ3n) is 3.14. The first kappa shape index (κ1) is 18.7. The summed E-state index contributed by atoms with van der Waals surface area (Å²) in [5.41, 5.74) is 0.570. The van der Waals surface area contributed by atoms with Crippen LogP contribution < -0.4 is 14.8 Å². The molecular formula is C17H15BrFNO5. The van der Waals surface area contributed by atoms with E-state index in [-0.39, 0.29) is 5.56 Å². The van der Waals surface area contributed by atoms with Crippen LogP contribution in [0, 0.1) is 5.82 Å². The predicted molar refractivity (Wildman–Crippen MR) is 92.6 cm³/mol. The average molecular weight is 412 g/mol. The highest BCUT2D eigenvalue weighted by Crippen LogP contribution is 2.35. The predicted octanol–water partition coefficient (Wildman–Crippen LogP) is 3.40. The largest absolute Gasteiger partial charge is 0.495 e. The third kappa shape index (κ3) is 4.93. The summed E-state index contributed by atoms with van der Waals surface area (Å²) in [5, 5.41) is 2.49. The minimum absolute atomic E-state index is 0.173. The number of esters is 1. The molecule has 0 heterocycles. The number of methoxy groups -OCH3 is 2. The maximum Gasteiger partial charge on any atom is 0.338 e. The van der Waals surface area contributed by atoms with Gasteiger partial charge in [-0.15, -0.1) is 0 Å².